The van der Waals surface area contributed by atoms with Gasteiger partial charge in [0.1, 0.15) is 0 Å². The van der Waals surface area contributed by atoms with Crippen molar-refractivity contribution < 1.29 is 0 Å². The fourth-order valence-corrected chi connectivity index (χ4v) is 2.40. The van der Waals surface area contributed by atoms with Crippen LogP contribution in [0.4, 0.5) is 0 Å². The van der Waals surface area contributed by atoms with E-state index >= 15 is 0 Å². The van der Waals surface area contributed by atoms with Crippen LogP contribution in [0.5, 0.6) is 0 Å². The molecular weight excluding hydrogens is 192 g/mol. The molecule has 0 amide bonds. The highest BCUT2D eigenvalue weighted by atomic mass is 14.2. The van der Waals surface area contributed by atoms with Gasteiger partial charge in [-0.25, -0.2) is 0 Å². The average Bonchev–Trinajstić information content (AvgIpc) is 2.31. The monoisotopic (exact) mass is 226 g/mol. The molecule has 0 heterocycles. The van der Waals surface area contributed by atoms with Gasteiger partial charge in [0.2, 0.25) is 0 Å². The minimum atomic E-state index is 0.931. The van der Waals surface area contributed by atoms with Crippen LogP contribution in [0.2, 0.25) is 0 Å². The van der Waals surface area contributed by atoms with Gasteiger partial charge in [0.05, 0.1) is 0 Å². The molecule has 0 aromatic rings. The fourth-order valence-electron chi connectivity index (χ4n) is 2.40. The maximum atomic E-state index is 2.45. The molecule has 3 atom stereocenters. The van der Waals surface area contributed by atoms with Gasteiger partial charge >= 0.3 is 0 Å². The normalized spacial score (nSPS) is 17.1. The Hall–Kier alpha value is 0. The molecule has 0 N–H and O–H groups in total. The summed E-state index contributed by atoms with van der Waals surface area (Å²) in [4.78, 5) is 0. The van der Waals surface area contributed by atoms with E-state index in [1.165, 1.54) is 51.4 Å². The maximum Gasteiger partial charge on any atom is -0.0417 e. The molecule has 0 saturated carbocycles. The fraction of sp³-hybridized carbons (Fsp3) is 1.00. The molecule has 0 aliphatic rings. The van der Waals surface area contributed by atoms with Crippen LogP contribution in [-0.4, -0.2) is 0 Å². The summed E-state index contributed by atoms with van der Waals surface area (Å²) in [6, 6.07) is 0. The minimum Gasteiger partial charge on any atom is -0.0654 e. The standard InChI is InChI=1S/C16H34/c1-6-9-16(8-3)13-12-15(5)11-10-14(4)7-2/h14-16H,6-13H2,1-5H3. The Labute approximate surface area is 104 Å². The molecule has 16 heavy (non-hydrogen) atoms. The van der Waals surface area contributed by atoms with Gasteiger partial charge in [0, 0.05) is 0 Å². The summed E-state index contributed by atoms with van der Waals surface area (Å²) in [6.45, 7) is 11.8. The third kappa shape index (κ3) is 8.19. The molecule has 0 fully saturated rings. The van der Waals surface area contributed by atoms with Gasteiger partial charge < -0.3 is 0 Å². The molecule has 0 spiro atoms. The second-order valence-electron chi connectivity index (χ2n) is 5.84. The Balaban J connectivity index is 3.58. The molecule has 0 aliphatic carbocycles. The predicted octanol–water partition coefficient (Wildman–Crippen LogP) is 6.06. The van der Waals surface area contributed by atoms with Crippen molar-refractivity contribution in [2.45, 2.75) is 86.0 Å². The zero-order chi connectivity index (χ0) is 12.4. The lowest BCUT2D eigenvalue weighted by Crippen LogP contribution is -2.04. The van der Waals surface area contributed by atoms with Crippen LogP contribution in [-0.2, 0) is 0 Å². The summed E-state index contributed by atoms with van der Waals surface area (Å²) in [5.74, 6) is 2.87. The van der Waals surface area contributed by atoms with Gasteiger partial charge in [-0.1, -0.05) is 86.0 Å². The highest BCUT2D eigenvalue weighted by Crippen LogP contribution is 2.24. The molecule has 3 unspecified atom stereocenters. The molecule has 98 valence electrons. The molecule has 0 heteroatoms. The van der Waals surface area contributed by atoms with Gasteiger partial charge in [-0.2, -0.15) is 0 Å². The molecule has 0 saturated heterocycles. The first-order chi connectivity index (χ1) is 7.63. The van der Waals surface area contributed by atoms with Gasteiger partial charge in [0.15, 0.2) is 0 Å². The van der Waals surface area contributed by atoms with E-state index in [4.69, 9.17) is 0 Å². The van der Waals surface area contributed by atoms with E-state index < -0.39 is 0 Å². The van der Waals surface area contributed by atoms with Crippen molar-refractivity contribution in [2.75, 3.05) is 0 Å². The van der Waals surface area contributed by atoms with Crippen LogP contribution in [0.1, 0.15) is 86.0 Å². The third-order valence-corrected chi connectivity index (χ3v) is 4.19. The second kappa shape index (κ2) is 10.2. The van der Waals surface area contributed by atoms with Crippen molar-refractivity contribution in [3.05, 3.63) is 0 Å². The maximum absolute atomic E-state index is 2.45. The summed E-state index contributed by atoms with van der Waals surface area (Å²) in [5.41, 5.74) is 0. The number of hydrogen-bond acceptors (Lipinski definition) is 0. The largest absolute Gasteiger partial charge is 0.0654 e. The quantitative estimate of drug-likeness (QED) is 0.425. The van der Waals surface area contributed by atoms with Crippen molar-refractivity contribution in [3.63, 3.8) is 0 Å². The van der Waals surface area contributed by atoms with Crippen LogP contribution < -0.4 is 0 Å². The van der Waals surface area contributed by atoms with Crippen molar-refractivity contribution in [1.29, 1.82) is 0 Å². The Bertz CT molecular complexity index is 139. The van der Waals surface area contributed by atoms with Crippen molar-refractivity contribution in [1.82, 2.24) is 0 Å². The van der Waals surface area contributed by atoms with Crippen molar-refractivity contribution >= 4 is 0 Å². The van der Waals surface area contributed by atoms with E-state index in [0.717, 1.165) is 17.8 Å². The Kier molecular flexibility index (Phi) is 10.2. The first-order valence-corrected chi connectivity index (χ1v) is 7.63. The van der Waals surface area contributed by atoms with Crippen LogP contribution in [0.3, 0.4) is 0 Å². The second-order valence-corrected chi connectivity index (χ2v) is 5.84. The SMILES string of the molecule is CCCC(CC)CCC(C)CCC(C)CC. The average molecular weight is 226 g/mol. The van der Waals surface area contributed by atoms with E-state index in [0.29, 0.717) is 0 Å². The van der Waals surface area contributed by atoms with Gasteiger partial charge in [0.25, 0.3) is 0 Å². The molecule has 0 bridgehead atoms. The van der Waals surface area contributed by atoms with Crippen LogP contribution in [0.15, 0.2) is 0 Å². The van der Waals surface area contributed by atoms with E-state index in [-0.39, 0.29) is 0 Å². The summed E-state index contributed by atoms with van der Waals surface area (Å²) in [7, 11) is 0. The predicted molar refractivity (Wildman–Crippen MR) is 75.8 cm³/mol. The highest BCUT2D eigenvalue weighted by Gasteiger charge is 2.09. The van der Waals surface area contributed by atoms with Crippen LogP contribution in [0.25, 0.3) is 0 Å². The molecule has 0 rings (SSSR count). The Morgan fingerprint density at radius 3 is 1.69 bits per heavy atom. The number of rotatable bonds is 10. The molecule has 0 aromatic carbocycles. The lowest BCUT2D eigenvalue weighted by Gasteiger charge is -2.18. The summed E-state index contributed by atoms with van der Waals surface area (Å²) >= 11 is 0. The van der Waals surface area contributed by atoms with Gasteiger partial charge in [-0.15, -0.1) is 0 Å². The molecule has 0 aromatic heterocycles. The van der Waals surface area contributed by atoms with Gasteiger partial charge in [-0.3, -0.25) is 0 Å². The van der Waals surface area contributed by atoms with Crippen LogP contribution >= 0.6 is 0 Å². The highest BCUT2D eigenvalue weighted by molar-refractivity contribution is 4.62. The zero-order valence-electron chi connectivity index (χ0n) is 12.4. The van der Waals surface area contributed by atoms with E-state index in [1.54, 1.807) is 0 Å². The van der Waals surface area contributed by atoms with Crippen LogP contribution in [0, 0.1) is 17.8 Å². The summed E-state index contributed by atoms with van der Waals surface area (Å²) in [6.07, 6.45) is 11.3. The smallest absolute Gasteiger partial charge is 0.0417 e. The van der Waals surface area contributed by atoms with E-state index in [9.17, 15) is 0 Å². The summed E-state index contributed by atoms with van der Waals surface area (Å²) in [5, 5.41) is 0. The van der Waals surface area contributed by atoms with E-state index in [1.807, 2.05) is 0 Å². The van der Waals surface area contributed by atoms with Gasteiger partial charge in [-0.05, 0) is 17.8 Å². The molecular formula is C16H34. The Morgan fingerprint density at radius 2 is 1.19 bits per heavy atom. The first kappa shape index (κ1) is 16.0. The van der Waals surface area contributed by atoms with Crippen molar-refractivity contribution in [3.8, 4) is 0 Å². The lowest BCUT2D eigenvalue weighted by atomic mass is 9.88. The topological polar surface area (TPSA) is 0 Å². The molecule has 0 aliphatic heterocycles. The molecule has 0 radical (unpaired) electrons. The third-order valence-electron chi connectivity index (χ3n) is 4.19. The summed E-state index contributed by atoms with van der Waals surface area (Å²) < 4.78 is 0. The van der Waals surface area contributed by atoms with E-state index in [2.05, 4.69) is 34.6 Å². The molecule has 0 nitrogen and oxygen atoms in total. The number of hydrogen-bond donors (Lipinski definition) is 0. The zero-order valence-corrected chi connectivity index (χ0v) is 12.4. The Morgan fingerprint density at radius 1 is 0.625 bits per heavy atom. The van der Waals surface area contributed by atoms with Crippen molar-refractivity contribution in [2.24, 2.45) is 17.8 Å². The lowest BCUT2D eigenvalue weighted by molar-refractivity contribution is 0.346. The first-order valence-electron chi connectivity index (χ1n) is 7.63. The minimum absolute atomic E-state index is 0.931.